The molecular formula is C18H25N3O2. The first-order chi connectivity index (χ1) is 11.2. The molecule has 1 amide bonds. The van der Waals surface area contributed by atoms with Crippen molar-refractivity contribution in [3.63, 3.8) is 0 Å². The van der Waals surface area contributed by atoms with Gasteiger partial charge in [-0.2, -0.15) is 5.10 Å². The Morgan fingerprint density at radius 1 is 1.30 bits per heavy atom. The Hall–Kier alpha value is -2.14. The van der Waals surface area contributed by atoms with E-state index in [1.54, 1.807) is 6.20 Å². The highest BCUT2D eigenvalue weighted by Crippen LogP contribution is 2.14. The van der Waals surface area contributed by atoms with Gasteiger partial charge in [-0.25, -0.2) is 0 Å². The smallest absolute Gasteiger partial charge is 0.255 e. The van der Waals surface area contributed by atoms with Gasteiger partial charge in [0.1, 0.15) is 0 Å². The molecule has 0 fully saturated rings. The number of aliphatic hydroxyl groups is 1. The molecule has 124 valence electrons. The average Bonchev–Trinajstić information content (AvgIpc) is 2.96. The van der Waals surface area contributed by atoms with E-state index >= 15 is 0 Å². The standard InChI is InChI=1S/C18H25N3O2/c1-3-8-17-16(18(23)20-15(4-2)13-22)11-19-21(17)12-14-9-6-5-7-10-14/h5-7,9-11,15,22H,3-4,8,12-13H2,1-2H3,(H,20,23). The number of nitrogens with zero attached hydrogens (tertiary/aromatic N) is 2. The van der Waals surface area contributed by atoms with Gasteiger partial charge < -0.3 is 10.4 Å². The molecule has 1 aromatic heterocycles. The molecule has 0 aliphatic rings. The van der Waals surface area contributed by atoms with Crippen molar-refractivity contribution in [1.82, 2.24) is 15.1 Å². The van der Waals surface area contributed by atoms with Crippen molar-refractivity contribution < 1.29 is 9.90 Å². The fourth-order valence-corrected chi connectivity index (χ4v) is 2.53. The van der Waals surface area contributed by atoms with E-state index in [1.807, 2.05) is 29.8 Å². The molecule has 0 bridgehead atoms. The van der Waals surface area contributed by atoms with Crippen LogP contribution in [0.25, 0.3) is 0 Å². The number of hydrogen-bond donors (Lipinski definition) is 2. The Kier molecular flexibility index (Phi) is 6.35. The summed E-state index contributed by atoms with van der Waals surface area (Å²) in [4.78, 5) is 12.5. The number of carbonyl (C=O) groups excluding carboxylic acids is 1. The summed E-state index contributed by atoms with van der Waals surface area (Å²) in [6.45, 7) is 4.63. The third-order valence-corrected chi connectivity index (χ3v) is 3.90. The first-order valence-corrected chi connectivity index (χ1v) is 8.19. The predicted octanol–water partition coefficient (Wildman–Crippen LogP) is 2.38. The highest BCUT2D eigenvalue weighted by Gasteiger charge is 2.19. The van der Waals surface area contributed by atoms with E-state index < -0.39 is 0 Å². The summed E-state index contributed by atoms with van der Waals surface area (Å²) >= 11 is 0. The van der Waals surface area contributed by atoms with E-state index in [2.05, 4.69) is 29.5 Å². The topological polar surface area (TPSA) is 67.2 Å². The molecule has 1 heterocycles. The molecule has 0 saturated carbocycles. The van der Waals surface area contributed by atoms with Crippen LogP contribution >= 0.6 is 0 Å². The van der Waals surface area contributed by atoms with Crippen molar-refractivity contribution in [2.45, 2.75) is 45.7 Å². The van der Waals surface area contributed by atoms with Crippen molar-refractivity contribution in [2.24, 2.45) is 0 Å². The molecule has 0 spiro atoms. The molecule has 1 atom stereocenters. The Balaban J connectivity index is 2.22. The molecular weight excluding hydrogens is 290 g/mol. The highest BCUT2D eigenvalue weighted by atomic mass is 16.3. The second-order valence-electron chi connectivity index (χ2n) is 5.66. The zero-order chi connectivity index (χ0) is 16.7. The van der Waals surface area contributed by atoms with Gasteiger partial charge in [0.25, 0.3) is 5.91 Å². The lowest BCUT2D eigenvalue weighted by molar-refractivity contribution is 0.0914. The fraction of sp³-hybridized carbons (Fsp3) is 0.444. The quantitative estimate of drug-likeness (QED) is 0.786. The third kappa shape index (κ3) is 4.42. The van der Waals surface area contributed by atoms with Crippen LogP contribution in [0.3, 0.4) is 0 Å². The van der Waals surface area contributed by atoms with E-state index in [0.717, 1.165) is 24.1 Å². The summed E-state index contributed by atoms with van der Waals surface area (Å²) in [7, 11) is 0. The zero-order valence-electron chi connectivity index (χ0n) is 13.8. The van der Waals surface area contributed by atoms with Crippen LogP contribution in [0.2, 0.25) is 0 Å². The Morgan fingerprint density at radius 3 is 2.65 bits per heavy atom. The highest BCUT2D eigenvalue weighted by molar-refractivity contribution is 5.95. The van der Waals surface area contributed by atoms with Crippen LogP contribution in [0.1, 0.15) is 48.3 Å². The number of amides is 1. The number of nitrogens with one attached hydrogen (secondary N) is 1. The van der Waals surface area contributed by atoms with Crippen molar-refractivity contribution >= 4 is 5.91 Å². The lowest BCUT2D eigenvalue weighted by atomic mass is 10.1. The van der Waals surface area contributed by atoms with Crippen molar-refractivity contribution in [1.29, 1.82) is 0 Å². The molecule has 0 radical (unpaired) electrons. The third-order valence-electron chi connectivity index (χ3n) is 3.90. The number of carbonyl (C=O) groups is 1. The summed E-state index contributed by atoms with van der Waals surface area (Å²) in [6, 6.07) is 9.87. The summed E-state index contributed by atoms with van der Waals surface area (Å²) in [5.74, 6) is -0.159. The number of aromatic nitrogens is 2. The largest absolute Gasteiger partial charge is 0.394 e. The minimum Gasteiger partial charge on any atom is -0.394 e. The molecule has 0 saturated heterocycles. The maximum Gasteiger partial charge on any atom is 0.255 e. The van der Waals surface area contributed by atoms with Gasteiger partial charge in [-0.05, 0) is 18.4 Å². The zero-order valence-corrected chi connectivity index (χ0v) is 13.8. The molecule has 0 aliphatic carbocycles. The maximum absolute atomic E-state index is 12.5. The van der Waals surface area contributed by atoms with Crippen LogP contribution in [0.15, 0.2) is 36.5 Å². The van der Waals surface area contributed by atoms with Gasteiger partial charge in [-0.15, -0.1) is 0 Å². The maximum atomic E-state index is 12.5. The van der Waals surface area contributed by atoms with Gasteiger partial charge in [-0.3, -0.25) is 9.48 Å². The first kappa shape index (κ1) is 17.2. The number of hydrogen-bond acceptors (Lipinski definition) is 3. The van der Waals surface area contributed by atoms with Crippen LogP contribution in [0, 0.1) is 0 Å². The Bertz CT molecular complexity index is 618. The molecule has 1 unspecified atom stereocenters. The minimum atomic E-state index is -0.213. The lowest BCUT2D eigenvalue weighted by Crippen LogP contribution is -2.37. The van der Waals surface area contributed by atoms with E-state index in [4.69, 9.17) is 0 Å². The van der Waals surface area contributed by atoms with Crippen molar-refractivity contribution in [2.75, 3.05) is 6.61 Å². The SMILES string of the molecule is CCCc1c(C(=O)NC(CC)CO)cnn1Cc1ccccc1. The van der Waals surface area contributed by atoms with E-state index in [-0.39, 0.29) is 18.6 Å². The molecule has 2 N–H and O–H groups in total. The van der Waals surface area contributed by atoms with Gasteiger partial charge in [0, 0.05) is 0 Å². The van der Waals surface area contributed by atoms with E-state index in [9.17, 15) is 9.90 Å². The van der Waals surface area contributed by atoms with Gasteiger partial charge >= 0.3 is 0 Å². The van der Waals surface area contributed by atoms with Crippen LogP contribution in [-0.4, -0.2) is 33.4 Å². The summed E-state index contributed by atoms with van der Waals surface area (Å²) in [6.07, 6.45) is 4.07. The predicted molar refractivity (Wildman–Crippen MR) is 90.4 cm³/mol. The van der Waals surface area contributed by atoms with Gasteiger partial charge in [0.2, 0.25) is 0 Å². The summed E-state index contributed by atoms with van der Waals surface area (Å²) in [5.41, 5.74) is 2.71. The second kappa shape index (κ2) is 8.48. The molecule has 2 rings (SSSR count). The molecule has 5 heteroatoms. The van der Waals surface area contributed by atoms with Gasteiger partial charge in [0.15, 0.2) is 0 Å². The van der Waals surface area contributed by atoms with Crippen LogP contribution < -0.4 is 5.32 Å². The molecule has 5 nitrogen and oxygen atoms in total. The molecule has 0 aliphatic heterocycles. The number of rotatable bonds is 8. The number of aliphatic hydroxyl groups excluding tert-OH is 1. The van der Waals surface area contributed by atoms with Crippen LogP contribution in [0.5, 0.6) is 0 Å². The van der Waals surface area contributed by atoms with Crippen LogP contribution in [-0.2, 0) is 13.0 Å². The number of benzene rings is 1. The Morgan fingerprint density at radius 2 is 2.04 bits per heavy atom. The molecule has 23 heavy (non-hydrogen) atoms. The fourth-order valence-electron chi connectivity index (χ4n) is 2.53. The van der Waals surface area contributed by atoms with Crippen molar-refractivity contribution in [3.05, 3.63) is 53.3 Å². The first-order valence-electron chi connectivity index (χ1n) is 8.19. The molecule has 1 aromatic carbocycles. The second-order valence-corrected chi connectivity index (χ2v) is 5.66. The van der Waals surface area contributed by atoms with Gasteiger partial charge in [0.05, 0.1) is 36.6 Å². The summed E-state index contributed by atoms with van der Waals surface area (Å²) < 4.78 is 1.90. The Labute approximate surface area is 137 Å². The monoisotopic (exact) mass is 315 g/mol. The minimum absolute atomic E-state index is 0.0521. The van der Waals surface area contributed by atoms with Crippen LogP contribution in [0.4, 0.5) is 0 Å². The van der Waals surface area contributed by atoms with Crippen molar-refractivity contribution in [3.8, 4) is 0 Å². The van der Waals surface area contributed by atoms with Gasteiger partial charge in [-0.1, -0.05) is 50.6 Å². The van der Waals surface area contributed by atoms with E-state index in [0.29, 0.717) is 18.5 Å². The van der Waals surface area contributed by atoms with E-state index in [1.165, 1.54) is 0 Å². The lowest BCUT2D eigenvalue weighted by Gasteiger charge is -2.14. The normalized spacial score (nSPS) is 12.1. The molecule has 2 aromatic rings. The summed E-state index contributed by atoms with van der Waals surface area (Å²) in [5, 5.41) is 16.5. The average molecular weight is 315 g/mol.